The van der Waals surface area contributed by atoms with Crippen molar-refractivity contribution in [1.82, 2.24) is 4.98 Å². The van der Waals surface area contributed by atoms with Crippen LogP contribution in [0.15, 0.2) is 73.3 Å². The van der Waals surface area contributed by atoms with Crippen molar-refractivity contribution in [2.24, 2.45) is 0 Å². The second kappa shape index (κ2) is 8.43. The number of ether oxygens (including phenoxy) is 2. The molecule has 4 aromatic rings. The summed E-state index contributed by atoms with van der Waals surface area (Å²) >= 11 is 0. The monoisotopic (exact) mass is 427 g/mol. The number of ketones is 1. The van der Waals surface area contributed by atoms with Gasteiger partial charge in [0.25, 0.3) is 0 Å². The molecule has 0 bridgehead atoms. The van der Waals surface area contributed by atoms with Gasteiger partial charge in [0.15, 0.2) is 5.78 Å². The van der Waals surface area contributed by atoms with E-state index in [0.29, 0.717) is 22.6 Å². The molecule has 6 heteroatoms. The van der Waals surface area contributed by atoms with E-state index in [1.165, 1.54) is 31.4 Å². The molecule has 3 aromatic carbocycles. The Kier molecular flexibility index (Phi) is 5.52. The first-order chi connectivity index (χ1) is 15.4. The standard InChI is InChI=1S/C26H21NO5/c1-15(25(28)16-8-10-17(11-9-16)26(29)30)19-13-20(24(32-3)14-23(19)31-2)22-12-18-6-4-5-7-21(18)27-22/h4-14,27H,1H2,2-3H3,(H,29,30). The molecule has 160 valence electrons. The van der Waals surface area contributed by atoms with Gasteiger partial charge in [0.2, 0.25) is 0 Å². The predicted octanol–water partition coefficient (Wildman–Crippen LogP) is 5.45. The molecule has 2 N–H and O–H groups in total. The van der Waals surface area contributed by atoms with Gasteiger partial charge in [-0.15, -0.1) is 0 Å². The third kappa shape index (κ3) is 3.74. The number of fused-ring (bicyclic) bond motifs is 1. The SMILES string of the molecule is C=C(C(=O)c1ccc(C(=O)O)cc1)c1cc(-c2cc3ccccc3[nH]2)c(OC)cc1OC. The van der Waals surface area contributed by atoms with Crippen LogP contribution in [0.3, 0.4) is 0 Å². The summed E-state index contributed by atoms with van der Waals surface area (Å²) in [6.07, 6.45) is 0. The molecule has 0 aliphatic heterocycles. The normalized spacial score (nSPS) is 10.7. The summed E-state index contributed by atoms with van der Waals surface area (Å²) in [5, 5.41) is 10.1. The smallest absolute Gasteiger partial charge is 0.335 e. The minimum Gasteiger partial charge on any atom is -0.496 e. The van der Waals surface area contributed by atoms with Crippen LogP contribution in [-0.4, -0.2) is 36.1 Å². The molecule has 0 atom stereocenters. The van der Waals surface area contributed by atoms with Gasteiger partial charge in [-0.3, -0.25) is 4.79 Å². The van der Waals surface area contributed by atoms with Crippen molar-refractivity contribution in [2.45, 2.75) is 0 Å². The first-order valence-corrected chi connectivity index (χ1v) is 9.84. The number of Topliss-reactive ketones (excluding diaryl/α,β-unsaturated/α-hetero) is 1. The van der Waals surface area contributed by atoms with Crippen LogP contribution in [-0.2, 0) is 0 Å². The van der Waals surface area contributed by atoms with Crippen LogP contribution >= 0.6 is 0 Å². The number of benzene rings is 3. The number of methoxy groups -OCH3 is 2. The third-order valence-corrected chi connectivity index (χ3v) is 5.33. The number of carbonyl (C=O) groups is 2. The van der Waals surface area contributed by atoms with Gasteiger partial charge in [0.1, 0.15) is 11.5 Å². The van der Waals surface area contributed by atoms with Crippen molar-refractivity contribution in [1.29, 1.82) is 0 Å². The predicted molar refractivity (Wildman–Crippen MR) is 124 cm³/mol. The number of carboxylic acid groups (broad SMARTS) is 1. The zero-order valence-corrected chi connectivity index (χ0v) is 17.6. The average Bonchev–Trinajstić information content (AvgIpc) is 3.26. The topological polar surface area (TPSA) is 88.6 Å². The van der Waals surface area contributed by atoms with Gasteiger partial charge in [-0.1, -0.05) is 36.9 Å². The summed E-state index contributed by atoms with van der Waals surface area (Å²) in [6.45, 7) is 4.00. The maximum Gasteiger partial charge on any atom is 0.335 e. The van der Waals surface area contributed by atoms with E-state index in [1.54, 1.807) is 13.2 Å². The highest BCUT2D eigenvalue weighted by Crippen LogP contribution is 2.39. The highest BCUT2D eigenvalue weighted by atomic mass is 16.5. The number of hydrogen-bond donors (Lipinski definition) is 2. The number of H-pyrrole nitrogens is 1. The number of carboxylic acids is 1. The second-order valence-corrected chi connectivity index (χ2v) is 7.21. The molecule has 0 aliphatic rings. The fraction of sp³-hybridized carbons (Fsp3) is 0.0769. The Hall–Kier alpha value is -4.32. The molecular weight excluding hydrogens is 406 g/mol. The van der Waals surface area contributed by atoms with Crippen molar-refractivity contribution in [3.63, 3.8) is 0 Å². The molecular formula is C26H21NO5. The molecule has 0 radical (unpaired) electrons. The van der Waals surface area contributed by atoms with Gasteiger partial charge in [0.05, 0.1) is 25.5 Å². The molecule has 0 amide bonds. The van der Waals surface area contributed by atoms with E-state index < -0.39 is 5.97 Å². The maximum absolute atomic E-state index is 13.1. The van der Waals surface area contributed by atoms with Crippen molar-refractivity contribution in [2.75, 3.05) is 14.2 Å². The Labute approximate surface area is 184 Å². The molecule has 0 aliphatic carbocycles. The quantitative estimate of drug-likeness (QED) is 0.303. The van der Waals surface area contributed by atoms with E-state index in [9.17, 15) is 9.59 Å². The summed E-state index contributed by atoms with van der Waals surface area (Å²) in [5.41, 5.74) is 3.77. The first-order valence-electron chi connectivity index (χ1n) is 9.84. The fourth-order valence-electron chi connectivity index (χ4n) is 3.62. The number of hydrogen-bond acceptors (Lipinski definition) is 4. The van der Waals surface area contributed by atoms with Crippen molar-refractivity contribution in [3.8, 4) is 22.8 Å². The van der Waals surface area contributed by atoms with Crippen LogP contribution in [0.4, 0.5) is 0 Å². The first kappa shape index (κ1) is 20.9. The Morgan fingerprint density at radius 1 is 0.875 bits per heavy atom. The zero-order valence-electron chi connectivity index (χ0n) is 17.6. The lowest BCUT2D eigenvalue weighted by molar-refractivity contribution is 0.0696. The lowest BCUT2D eigenvalue weighted by Gasteiger charge is -2.15. The van der Waals surface area contributed by atoms with E-state index in [0.717, 1.165) is 22.2 Å². The molecule has 1 aromatic heterocycles. The largest absolute Gasteiger partial charge is 0.496 e. The number of aromatic nitrogens is 1. The van der Waals surface area contributed by atoms with E-state index in [4.69, 9.17) is 14.6 Å². The van der Waals surface area contributed by atoms with Gasteiger partial charge in [-0.25, -0.2) is 4.79 Å². The van der Waals surface area contributed by atoms with Crippen LogP contribution < -0.4 is 9.47 Å². The van der Waals surface area contributed by atoms with Crippen molar-refractivity contribution < 1.29 is 24.2 Å². The van der Waals surface area contributed by atoms with Crippen molar-refractivity contribution >= 4 is 28.2 Å². The highest BCUT2D eigenvalue weighted by molar-refractivity contribution is 6.29. The lowest BCUT2D eigenvalue weighted by Crippen LogP contribution is -2.05. The minimum atomic E-state index is -1.05. The molecule has 0 fully saturated rings. The summed E-state index contributed by atoms with van der Waals surface area (Å²) in [7, 11) is 3.09. The Bertz CT molecular complexity index is 1320. The number of aromatic amines is 1. The van der Waals surface area contributed by atoms with Gasteiger partial charge in [0, 0.05) is 39.2 Å². The lowest BCUT2D eigenvalue weighted by atomic mass is 9.94. The second-order valence-electron chi connectivity index (χ2n) is 7.21. The summed E-state index contributed by atoms with van der Waals surface area (Å²) < 4.78 is 11.1. The van der Waals surface area contributed by atoms with E-state index in [-0.39, 0.29) is 16.9 Å². The van der Waals surface area contributed by atoms with Crippen LogP contribution in [0.25, 0.3) is 27.7 Å². The fourth-order valence-corrected chi connectivity index (χ4v) is 3.62. The molecule has 0 saturated heterocycles. The Morgan fingerprint density at radius 3 is 2.16 bits per heavy atom. The van der Waals surface area contributed by atoms with Crippen LogP contribution in [0.1, 0.15) is 26.3 Å². The number of para-hydroxylation sites is 1. The molecule has 32 heavy (non-hydrogen) atoms. The number of carbonyl (C=O) groups excluding carboxylic acids is 1. The number of aromatic carboxylic acids is 1. The number of rotatable bonds is 7. The van der Waals surface area contributed by atoms with Crippen molar-refractivity contribution in [3.05, 3.63) is 90.0 Å². The summed E-state index contributed by atoms with van der Waals surface area (Å²) in [5.74, 6) is -0.346. The van der Waals surface area contributed by atoms with E-state index in [1.807, 2.05) is 36.4 Å². The molecule has 4 rings (SSSR count). The maximum atomic E-state index is 13.1. The highest BCUT2D eigenvalue weighted by Gasteiger charge is 2.21. The zero-order chi connectivity index (χ0) is 22.8. The summed E-state index contributed by atoms with van der Waals surface area (Å²) in [4.78, 5) is 27.6. The molecule has 0 saturated carbocycles. The molecule has 1 heterocycles. The van der Waals surface area contributed by atoms with E-state index >= 15 is 0 Å². The third-order valence-electron chi connectivity index (χ3n) is 5.33. The molecule has 0 spiro atoms. The van der Waals surface area contributed by atoms with E-state index in [2.05, 4.69) is 11.6 Å². The van der Waals surface area contributed by atoms with Crippen LogP contribution in [0.5, 0.6) is 11.5 Å². The van der Waals surface area contributed by atoms with Crippen LogP contribution in [0.2, 0.25) is 0 Å². The van der Waals surface area contributed by atoms with Gasteiger partial charge in [-0.2, -0.15) is 0 Å². The van der Waals surface area contributed by atoms with Crippen LogP contribution in [0, 0.1) is 0 Å². The Balaban J connectivity index is 1.78. The Morgan fingerprint density at radius 2 is 1.53 bits per heavy atom. The molecule has 6 nitrogen and oxygen atoms in total. The number of allylic oxidation sites excluding steroid dienone is 1. The number of nitrogens with one attached hydrogen (secondary N) is 1. The average molecular weight is 427 g/mol. The minimum absolute atomic E-state index is 0.107. The summed E-state index contributed by atoms with van der Waals surface area (Å²) in [6, 6.07) is 19.2. The van der Waals surface area contributed by atoms with Gasteiger partial charge >= 0.3 is 5.97 Å². The molecule has 0 unspecified atom stereocenters. The van der Waals surface area contributed by atoms with Gasteiger partial charge < -0.3 is 19.6 Å². The van der Waals surface area contributed by atoms with Gasteiger partial charge in [-0.05, 0) is 30.3 Å².